The van der Waals surface area contributed by atoms with E-state index in [1.807, 2.05) is 0 Å². The van der Waals surface area contributed by atoms with Crippen molar-refractivity contribution < 1.29 is 39.6 Å². The van der Waals surface area contributed by atoms with Crippen LogP contribution in [0.3, 0.4) is 0 Å². The normalized spacial score (nSPS) is 11.8. The molecule has 8 heavy (non-hydrogen) atoms. The number of carbonyl (C=O) groups is 1. The Morgan fingerprint density at radius 1 is 1.62 bits per heavy atom. The van der Waals surface area contributed by atoms with Crippen molar-refractivity contribution in [2.75, 3.05) is 6.61 Å². The summed E-state index contributed by atoms with van der Waals surface area (Å²) in [5, 5.41) is 23.7. The Bertz CT molecular complexity index is 73.7. The van der Waals surface area contributed by atoms with Gasteiger partial charge in [-0.2, -0.15) is 0 Å². The summed E-state index contributed by atoms with van der Waals surface area (Å²) in [4.78, 5) is 9.52. The first-order chi connectivity index (χ1) is 3.18. The van der Waals surface area contributed by atoms with Gasteiger partial charge in [-0.3, -0.25) is 0 Å². The van der Waals surface area contributed by atoms with E-state index in [1.165, 1.54) is 0 Å². The van der Waals surface area contributed by atoms with E-state index in [0.29, 0.717) is 0 Å². The molecule has 0 saturated carbocycles. The molecule has 0 saturated heterocycles. The maximum atomic E-state index is 9.52. The number of aliphatic hydroxyl groups is 2. The molecule has 0 aromatic carbocycles. The summed E-state index contributed by atoms with van der Waals surface area (Å²) >= 11 is 0. The van der Waals surface area contributed by atoms with Gasteiger partial charge in [0.05, 0.1) is 6.61 Å². The monoisotopic (exact) mass is 209 g/mol. The molecule has 0 aliphatic rings. The van der Waals surface area contributed by atoms with E-state index >= 15 is 0 Å². The van der Waals surface area contributed by atoms with E-state index < -0.39 is 18.7 Å². The van der Waals surface area contributed by atoms with Crippen molar-refractivity contribution >= 4 is 5.97 Å². The fraction of sp³-hybridized carbons (Fsp3) is 0.667. The molecular weight excluding hydrogens is 203 g/mol. The molecule has 5 heteroatoms. The summed E-state index contributed by atoms with van der Waals surface area (Å²) < 4.78 is 0. The van der Waals surface area contributed by atoms with E-state index in [1.54, 1.807) is 0 Å². The number of aliphatic hydroxyl groups excluding tert-OH is 2. The molecule has 1 atom stereocenters. The Hall–Kier alpha value is 0.0134. The fourth-order valence-corrected chi connectivity index (χ4v) is 0.0781. The number of rotatable bonds is 2. The minimum absolute atomic E-state index is 0. The Morgan fingerprint density at radius 2 is 2.00 bits per heavy atom. The first kappa shape index (κ1) is 10.9. The van der Waals surface area contributed by atoms with Gasteiger partial charge in [0.2, 0.25) is 0 Å². The van der Waals surface area contributed by atoms with Crippen molar-refractivity contribution in [2.24, 2.45) is 0 Å². The van der Waals surface area contributed by atoms with Crippen LogP contribution in [0.4, 0.5) is 0 Å². The zero-order chi connectivity index (χ0) is 5.86. The quantitative estimate of drug-likeness (QED) is 0.479. The van der Waals surface area contributed by atoms with Gasteiger partial charge in [0.15, 0.2) is 6.10 Å². The Balaban J connectivity index is 0. The fourth-order valence-electron chi connectivity index (χ4n) is 0.0781. The predicted molar refractivity (Wildman–Crippen MR) is 20.7 cm³/mol. The van der Waals surface area contributed by atoms with Crippen molar-refractivity contribution in [3.05, 3.63) is 0 Å². The molecule has 51 valence electrons. The van der Waals surface area contributed by atoms with Gasteiger partial charge in [0, 0.05) is 19.5 Å². The number of carboxylic acids is 1. The van der Waals surface area contributed by atoms with Crippen molar-refractivity contribution in [1.82, 2.24) is 0 Å². The summed E-state index contributed by atoms with van der Waals surface area (Å²) in [7, 11) is 0. The molecule has 0 bridgehead atoms. The summed E-state index contributed by atoms with van der Waals surface area (Å²) in [5.74, 6) is -1.40. The first-order valence-corrected chi connectivity index (χ1v) is 1.70. The second kappa shape index (κ2) is 5.16. The largest absolute Gasteiger partial charge is 0.479 e. The average molecular weight is 209 g/mol. The van der Waals surface area contributed by atoms with E-state index in [4.69, 9.17) is 15.3 Å². The Kier molecular flexibility index (Phi) is 7.03. The van der Waals surface area contributed by atoms with Crippen LogP contribution in [0.5, 0.6) is 0 Å². The van der Waals surface area contributed by atoms with Crippen molar-refractivity contribution in [3.63, 3.8) is 0 Å². The van der Waals surface area contributed by atoms with Crippen molar-refractivity contribution in [1.29, 1.82) is 0 Å². The van der Waals surface area contributed by atoms with Crippen LogP contribution in [-0.4, -0.2) is 34.0 Å². The second-order valence-corrected chi connectivity index (χ2v) is 1.04. The topological polar surface area (TPSA) is 77.8 Å². The van der Waals surface area contributed by atoms with Crippen LogP contribution in [0.2, 0.25) is 0 Å². The van der Waals surface area contributed by atoms with Crippen LogP contribution in [0, 0.1) is 0 Å². The first-order valence-electron chi connectivity index (χ1n) is 1.70. The molecule has 0 aliphatic heterocycles. The van der Waals surface area contributed by atoms with Gasteiger partial charge in [0.25, 0.3) is 0 Å². The third-order valence-corrected chi connectivity index (χ3v) is 0.458. The Labute approximate surface area is 58.9 Å². The molecular formula is C3H6O4Rh. The summed E-state index contributed by atoms with van der Waals surface area (Å²) in [6.07, 6.45) is -1.63. The molecule has 1 radical (unpaired) electrons. The SMILES string of the molecule is O=C(O)C(O)CO.[Rh]. The van der Waals surface area contributed by atoms with Crippen molar-refractivity contribution in [3.8, 4) is 0 Å². The van der Waals surface area contributed by atoms with Crippen LogP contribution in [0.15, 0.2) is 0 Å². The molecule has 0 fully saturated rings. The predicted octanol–water partition coefficient (Wildman–Crippen LogP) is -1.58. The average Bonchev–Trinajstić information content (AvgIpc) is 1.65. The number of hydrogen-bond acceptors (Lipinski definition) is 3. The maximum absolute atomic E-state index is 9.52. The third-order valence-electron chi connectivity index (χ3n) is 0.458. The van der Waals surface area contributed by atoms with Gasteiger partial charge in [-0.05, 0) is 0 Å². The minimum Gasteiger partial charge on any atom is -0.479 e. The standard InChI is InChI=1S/C3H6O4.Rh/c4-1-2(5)3(6)7;/h2,4-5H,1H2,(H,6,7);. The Morgan fingerprint density at radius 3 is 2.00 bits per heavy atom. The molecule has 0 spiro atoms. The van der Waals surface area contributed by atoms with Crippen LogP contribution in [0.1, 0.15) is 0 Å². The maximum Gasteiger partial charge on any atom is 0.334 e. The summed E-state index contributed by atoms with van der Waals surface area (Å²) in [6.45, 7) is -0.727. The molecule has 0 aliphatic carbocycles. The minimum atomic E-state index is -1.63. The smallest absolute Gasteiger partial charge is 0.334 e. The summed E-state index contributed by atoms with van der Waals surface area (Å²) in [5.41, 5.74) is 0. The van der Waals surface area contributed by atoms with E-state index in [9.17, 15) is 4.79 Å². The van der Waals surface area contributed by atoms with E-state index in [0.717, 1.165) is 0 Å². The van der Waals surface area contributed by atoms with E-state index in [-0.39, 0.29) is 19.5 Å². The van der Waals surface area contributed by atoms with Gasteiger partial charge < -0.3 is 15.3 Å². The van der Waals surface area contributed by atoms with Crippen LogP contribution in [-0.2, 0) is 24.3 Å². The van der Waals surface area contributed by atoms with E-state index in [2.05, 4.69) is 0 Å². The van der Waals surface area contributed by atoms with Gasteiger partial charge in [-0.15, -0.1) is 0 Å². The zero-order valence-electron chi connectivity index (χ0n) is 3.87. The van der Waals surface area contributed by atoms with Gasteiger partial charge in [-0.25, -0.2) is 4.79 Å². The van der Waals surface area contributed by atoms with Gasteiger partial charge in [0.1, 0.15) is 0 Å². The number of hydrogen-bond donors (Lipinski definition) is 3. The third kappa shape index (κ3) is 4.18. The van der Waals surface area contributed by atoms with Crippen LogP contribution in [0.25, 0.3) is 0 Å². The van der Waals surface area contributed by atoms with Gasteiger partial charge in [-0.1, -0.05) is 0 Å². The molecule has 0 amide bonds. The molecule has 3 N–H and O–H groups in total. The number of aliphatic carboxylic acids is 1. The second-order valence-electron chi connectivity index (χ2n) is 1.04. The molecule has 0 aromatic rings. The molecule has 0 heterocycles. The molecule has 0 rings (SSSR count). The zero-order valence-corrected chi connectivity index (χ0v) is 5.51. The van der Waals surface area contributed by atoms with Gasteiger partial charge >= 0.3 is 5.97 Å². The summed E-state index contributed by atoms with van der Waals surface area (Å²) in [6, 6.07) is 0. The molecule has 1 unspecified atom stereocenters. The molecule has 4 nitrogen and oxygen atoms in total. The van der Waals surface area contributed by atoms with Crippen LogP contribution < -0.4 is 0 Å². The molecule has 0 aromatic heterocycles. The van der Waals surface area contributed by atoms with Crippen LogP contribution >= 0.6 is 0 Å². The number of carboxylic acid groups (broad SMARTS) is 1. The van der Waals surface area contributed by atoms with Crippen molar-refractivity contribution in [2.45, 2.75) is 6.10 Å².